The maximum atomic E-state index is 12.9. The molecule has 0 radical (unpaired) electrons. The largest absolute Gasteiger partial charge is 0.350 e. The lowest BCUT2D eigenvalue weighted by molar-refractivity contribution is -0.114. The van der Waals surface area contributed by atoms with E-state index in [0.717, 1.165) is 18.4 Å². The summed E-state index contributed by atoms with van der Waals surface area (Å²) in [7, 11) is -4.03. The third-order valence-electron chi connectivity index (χ3n) is 3.98. The number of pyridine rings is 1. The van der Waals surface area contributed by atoms with Gasteiger partial charge in [0.2, 0.25) is 14.9 Å². The van der Waals surface area contributed by atoms with E-state index in [1.54, 1.807) is 0 Å². The predicted molar refractivity (Wildman–Crippen MR) is 100 cm³/mol. The van der Waals surface area contributed by atoms with Crippen molar-refractivity contribution < 1.29 is 13.2 Å². The van der Waals surface area contributed by atoms with Gasteiger partial charge in [-0.25, -0.2) is 18.4 Å². The Morgan fingerprint density at radius 1 is 1.19 bits per heavy atom. The van der Waals surface area contributed by atoms with Crippen molar-refractivity contribution in [2.24, 2.45) is 5.10 Å². The fourth-order valence-corrected chi connectivity index (χ4v) is 3.89. The molecular weight excluding hydrogens is 352 g/mol. The lowest BCUT2D eigenvalue weighted by Gasteiger charge is -2.26. The Hall–Kier alpha value is -2.74. The van der Waals surface area contributed by atoms with E-state index in [1.807, 2.05) is 38.1 Å². The van der Waals surface area contributed by atoms with Gasteiger partial charge in [-0.2, -0.15) is 0 Å². The number of sulfone groups is 1. The number of nitrogens with zero attached hydrogens (tertiary/aromatic N) is 3. The summed E-state index contributed by atoms with van der Waals surface area (Å²) in [6.07, 6.45) is 3.15. The number of rotatable bonds is 5. The zero-order chi connectivity index (χ0) is 18.7. The lowest BCUT2D eigenvalue weighted by atomic mass is 10.2. The number of aryl methyl sites for hydroxylation is 1. The van der Waals surface area contributed by atoms with Crippen molar-refractivity contribution in [2.75, 3.05) is 11.6 Å². The molecule has 0 fully saturated rings. The number of amides is 1. The molecule has 8 heteroatoms. The number of carbonyl (C=O) groups excluding carboxylic acids is 1. The molecule has 1 N–H and O–H groups in total. The van der Waals surface area contributed by atoms with Crippen LogP contribution < -0.4 is 10.3 Å². The fraction of sp³-hybridized carbons (Fsp3) is 0.278. The second kappa shape index (κ2) is 7.25. The molecule has 2 aromatic rings. The normalized spacial score (nSPS) is 15.2. The van der Waals surface area contributed by atoms with Crippen molar-refractivity contribution >= 4 is 32.3 Å². The third-order valence-corrected chi connectivity index (χ3v) is 5.65. The van der Waals surface area contributed by atoms with Gasteiger partial charge >= 0.3 is 0 Å². The fourth-order valence-electron chi connectivity index (χ4n) is 2.53. The lowest BCUT2D eigenvalue weighted by Crippen LogP contribution is -2.40. The highest BCUT2D eigenvalue weighted by atomic mass is 32.2. The number of hydrogen-bond donors (Lipinski definition) is 1. The SMILES string of the molecule is CCCCNC(=O)C1=NN(c2ccc(C)cc2)c2ncccc2S1(=O)=O. The van der Waals surface area contributed by atoms with Gasteiger partial charge in [0.15, 0.2) is 5.82 Å². The smallest absolute Gasteiger partial charge is 0.283 e. The van der Waals surface area contributed by atoms with Gasteiger partial charge in [0, 0.05) is 12.7 Å². The van der Waals surface area contributed by atoms with Crippen LogP contribution in [-0.4, -0.2) is 30.9 Å². The number of carbonyl (C=O) groups is 1. The van der Waals surface area contributed by atoms with Crippen molar-refractivity contribution in [1.29, 1.82) is 0 Å². The minimum absolute atomic E-state index is 0.0313. The van der Waals surface area contributed by atoms with Crippen LogP contribution in [0.2, 0.25) is 0 Å². The molecule has 1 aliphatic heterocycles. The van der Waals surface area contributed by atoms with Crippen molar-refractivity contribution in [1.82, 2.24) is 10.3 Å². The summed E-state index contributed by atoms with van der Waals surface area (Å²) in [6, 6.07) is 10.4. The number of unbranched alkanes of at least 4 members (excludes halogenated alkanes) is 1. The Kier molecular flexibility index (Phi) is 5.03. The standard InChI is InChI=1S/C18H20N4O3S/c1-3-4-11-20-17(23)18-21-22(14-9-7-13(2)8-10-14)16-15(26(18,24)25)6-5-12-19-16/h5-10,12H,3-4,11H2,1-2H3,(H,20,23). The summed E-state index contributed by atoms with van der Waals surface area (Å²) in [5, 5.41) is 7.64. The number of hydrazone groups is 1. The molecule has 136 valence electrons. The zero-order valence-electron chi connectivity index (χ0n) is 14.6. The predicted octanol–water partition coefficient (Wildman–Crippen LogP) is 2.55. The van der Waals surface area contributed by atoms with Crippen molar-refractivity contribution in [3.63, 3.8) is 0 Å². The molecular formula is C18H20N4O3S. The monoisotopic (exact) mass is 372 g/mol. The second-order valence-electron chi connectivity index (χ2n) is 5.99. The Morgan fingerprint density at radius 2 is 1.92 bits per heavy atom. The molecule has 0 unspecified atom stereocenters. The van der Waals surface area contributed by atoms with Crippen molar-refractivity contribution in [3.05, 3.63) is 48.2 Å². The average Bonchev–Trinajstić information content (AvgIpc) is 2.63. The van der Waals surface area contributed by atoms with E-state index in [4.69, 9.17) is 0 Å². The third kappa shape index (κ3) is 3.32. The van der Waals surface area contributed by atoms with E-state index in [2.05, 4.69) is 15.4 Å². The second-order valence-corrected chi connectivity index (χ2v) is 7.82. The molecule has 26 heavy (non-hydrogen) atoms. The number of fused-ring (bicyclic) bond motifs is 1. The summed E-state index contributed by atoms with van der Waals surface area (Å²) in [6.45, 7) is 4.34. The molecule has 0 aliphatic carbocycles. The average molecular weight is 372 g/mol. The first-order chi connectivity index (χ1) is 12.4. The summed E-state index contributed by atoms with van der Waals surface area (Å²) in [5.41, 5.74) is 1.69. The van der Waals surface area contributed by atoms with Crippen molar-refractivity contribution in [3.8, 4) is 0 Å². The number of anilines is 2. The minimum Gasteiger partial charge on any atom is -0.350 e. The van der Waals surface area contributed by atoms with Gasteiger partial charge < -0.3 is 5.32 Å². The maximum absolute atomic E-state index is 12.9. The van der Waals surface area contributed by atoms with Gasteiger partial charge in [0.25, 0.3) is 5.91 Å². The molecule has 1 amide bonds. The molecule has 0 saturated carbocycles. The van der Waals surface area contributed by atoms with Gasteiger partial charge in [-0.3, -0.25) is 4.79 Å². The van der Waals surface area contributed by atoms with Crippen LogP contribution in [0.25, 0.3) is 0 Å². The molecule has 2 heterocycles. The summed E-state index contributed by atoms with van der Waals surface area (Å²) < 4.78 is 25.7. The first-order valence-corrected chi connectivity index (χ1v) is 9.87. The Labute approximate surface area is 152 Å². The van der Waals surface area contributed by atoms with Crippen LogP contribution in [0.3, 0.4) is 0 Å². The number of aromatic nitrogens is 1. The molecule has 3 rings (SSSR count). The van der Waals surface area contributed by atoms with Gasteiger partial charge in [-0.15, -0.1) is 5.10 Å². The van der Waals surface area contributed by atoms with E-state index in [0.29, 0.717) is 12.2 Å². The molecule has 1 aromatic carbocycles. The first kappa shape index (κ1) is 18.1. The van der Waals surface area contributed by atoms with Crippen LogP contribution in [0.5, 0.6) is 0 Å². The van der Waals surface area contributed by atoms with E-state index >= 15 is 0 Å². The van der Waals surface area contributed by atoms with Crippen LogP contribution in [0.15, 0.2) is 52.6 Å². The Balaban J connectivity index is 2.09. The molecule has 1 aliphatic rings. The van der Waals surface area contributed by atoms with E-state index in [9.17, 15) is 13.2 Å². The van der Waals surface area contributed by atoms with Crippen LogP contribution >= 0.6 is 0 Å². The van der Waals surface area contributed by atoms with E-state index < -0.39 is 20.8 Å². The highest BCUT2D eigenvalue weighted by Crippen LogP contribution is 2.34. The number of nitrogens with one attached hydrogen (secondary N) is 1. The van der Waals surface area contributed by atoms with Gasteiger partial charge in [0.1, 0.15) is 4.90 Å². The van der Waals surface area contributed by atoms with Gasteiger partial charge in [-0.05, 0) is 37.6 Å². The molecule has 0 saturated heterocycles. The molecule has 1 aromatic heterocycles. The van der Waals surface area contributed by atoms with Crippen LogP contribution in [0.1, 0.15) is 25.3 Å². The number of benzene rings is 1. The summed E-state index contributed by atoms with van der Waals surface area (Å²) >= 11 is 0. The molecule has 7 nitrogen and oxygen atoms in total. The molecule has 0 spiro atoms. The molecule has 0 atom stereocenters. The molecule has 0 bridgehead atoms. The summed E-state index contributed by atoms with van der Waals surface area (Å²) in [4.78, 5) is 16.6. The van der Waals surface area contributed by atoms with Crippen LogP contribution in [0.4, 0.5) is 11.5 Å². The number of hydrogen-bond acceptors (Lipinski definition) is 6. The first-order valence-electron chi connectivity index (χ1n) is 8.39. The highest BCUT2D eigenvalue weighted by molar-refractivity contribution is 8.08. The van der Waals surface area contributed by atoms with E-state index in [1.165, 1.54) is 23.3 Å². The Bertz CT molecular complexity index is 953. The van der Waals surface area contributed by atoms with Gasteiger partial charge in [-0.1, -0.05) is 31.0 Å². The Morgan fingerprint density at radius 3 is 2.62 bits per heavy atom. The topological polar surface area (TPSA) is 91.7 Å². The summed E-state index contributed by atoms with van der Waals surface area (Å²) in [5.74, 6) is -0.522. The maximum Gasteiger partial charge on any atom is 0.283 e. The van der Waals surface area contributed by atoms with Crippen LogP contribution in [0, 0.1) is 6.92 Å². The minimum atomic E-state index is -4.03. The quantitative estimate of drug-likeness (QED) is 0.815. The highest BCUT2D eigenvalue weighted by Gasteiger charge is 2.38. The van der Waals surface area contributed by atoms with Gasteiger partial charge in [0.05, 0.1) is 5.69 Å². The van der Waals surface area contributed by atoms with Crippen LogP contribution in [-0.2, 0) is 14.6 Å². The zero-order valence-corrected chi connectivity index (χ0v) is 15.5. The van der Waals surface area contributed by atoms with E-state index in [-0.39, 0.29) is 10.7 Å². The van der Waals surface area contributed by atoms with Crippen molar-refractivity contribution in [2.45, 2.75) is 31.6 Å².